The highest BCUT2D eigenvalue weighted by Crippen LogP contribution is 2.29. The number of hydrogen-bond donors (Lipinski definition) is 1. The first kappa shape index (κ1) is 13.8. The maximum atomic E-state index is 12.4. The molecule has 0 fully saturated rings. The molecule has 1 aromatic rings. The van der Waals surface area contributed by atoms with Crippen molar-refractivity contribution in [2.75, 3.05) is 11.0 Å². The molecular formula is C11H13F3IN. The molecule has 0 aliphatic carbocycles. The lowest BCUT2D eigenvalue weighted by Gasteiger charge is -2.09. The van der Waals surface area contributed by atoms with Crippen molar-refractivity contribution in [2.45, 2.75) is 19.1 Å². The maximum Gasteiger partial charge on any atom is 0.416 e. The minimum absolute atomic E-state index is 0.487. The van der Waals surface area contributed by atoms with E-state index in [1.807, 2.05) is 0 Å². The summed E-state index contributed by atoms with van der Waals surface area (Å²) in [6.07, 6.45) is -3.22. The van der Waals surface area contributed by atoms with Gasteiger partial charge in [-0.25, -0.2) is 0 Å². The second kappa shape index (κ2) is 6.44. The lowest BCUT2D eigenvalue weighted by molar-refractivity contribution is -0.137. The van der Waals surface area contributed by atoms with Crippen molar-refractivity contribution < 1.29 is 13.2 Å². The van der Waals surface area contributed by atoms with Gasteiger partial charge < -0.3 is 5.32 Å². The van der Waals surface area contributed by atoms with E-state index in [9.17, 15) is 13.2 Å². The lowest BCUT2D eigenvalue weighted by Crippen LogP contribution is -2.15. The summed E-state index contributed by atoms with van der Waals surface area (Å²) in [6.45, 7) is 1.32. The van der Waals surface area contributed by atoms with Gasteiger partial charge in [-0.2, -0.15) is 13.2 Å². The summed E-state index contributed by atoms with van der Waals surface area (Å²) in [5, 5.41) is 3.11. The molecule has 0 atom stereocenters. The summed E-state index contributed by atoms with van der Waals surface area (Å²) >= 11 is 2.27. The van der Waals surface area contributed by atoms with E-state index in [4.69, 9.17) is 0 Å². The van der Waals surface area contributed by atoms with E-state index in [0.29, 0.717) is 12.1 Å². The van der Waals surface area contributed by atoms with Crippen LogP contribution in [0.5, 0.6) is 0 Å². The monoisotopic (exact) mass is 343 g/mol. The standard InChI is InChI=1S/C11H13F3IN/c12-11(13,14)10-4-1-3-9(7-10)8-16-6-2-5-15/h1,3-4,7,16H,2,5-6,8H2. The second-order valence-electron chi connectivity index (χ2n) is 3.42. The van der Waals surface area contributed by atoms with Gasteiger partial charge in [-0.1, -0.05) is 40.8 Å². The van der Waals surface area contributed by atoms with Gasteiger partial charge in [0.05, 0.1) is 5.56 Å². The average Bonchev–Trinajstić information content (AvgIpc) is 2.24. The highest BCUT2D eigenvalue weighted by molar-refractivity contribution is 14.1. The van der Waals surface area contributed by atoms with Gasteiger partial charge in [-0.3, -0.25) is 0 Å². The van der Waals surface area contributed by atoms with E-state index in [-0.39, 0.29) is 0 Å². The van der Waals surface area contributed by atoms with E-state index in [0.717, 1.165) is 23.5 Å². The molecule has 1 N–H and O–H groups in total. The van der Waals surface area contributed by atoms with Gasteiger partial charge in [0.2, 0.25) is 0 Å². The van der Waals surface area contributed by atoms with Crippen LogP contribution >= 0.6 is 22.6 Å². The Labute approximate surface area is 107 Å². The molecular weight excluding hydrogens is 330 g/mol. The number of alkyl halides is 4. The molecule has 0 heterocycles. The predicted molar refractivity (Wildman–Crippen MR) is 66.7 cm³/mol. The van der Waals surface area contributed by atoms with Crippen LogP contribution in [0.15, 0.2) is 24.3 Å². The molecule has 0 radical (unpaired) electrons. The molecule has 1 aromatic carbocycles. The van der Waals surface area contributed by atoms with Gasteiger partial charge in [0.25, 0.3) is 0 Å². The molecule has 0 saturated carbocycles. The Morgan fingerprint density at radius 3 is 2.62 bits per heavy atom. The van der Waals surface area contributed by atoms with Crippen LogP contribution in [0.1, 0.15) is 17.5 Å². The minimum atomic E-state index is -4.25. The molecule has 5 heteroatoms. The number of halogens is 4. The van der Waals surface area contributed by atoms with Gasteiger partial charge in [-0.15, -0.1) is 0 Å². The van der Waals surface area contributed by atoms with Crippen LogP contribution in [-0.4, -0.2) is 11.0 Å². The fourth-order valence-corrected chi connectivity index (χ4v) is 1.66. The molecule has 0 unspecified atom stereocenters. The molecule has 90 valence electrons. The Morgan fingerprint density at radius 1 is 1.25 bits per heavy atom. The number of nitrogens with one attached hydrogen (secondary N) is 1. The summed E-state index contributed by atoms with van der Waals surface area (Å²) < 4.78 is 38.2. The first-order valence-electron chi connectivity index (χ1n) is 4.97. The molecule has 0 bridgehead atoms. The minimum Gasteiger partial charge on any atom is -0.313 e. The lowest BCUT2D eigenvalue weighted by atomic mass is 10.1. The molecule has 0 amide bonds. The molecule has 16 heavy (non-hydrogen) atoms. The quantitative estimate of drug-likeness (QED) is 0.489. The smallest absolute Gasteiger partial charge is 0.313 e. The van der Waals surface area contributed by atoms with Crippen LogP contribution in [0.25, 0.3) is 0 Å². The van der Waals surface area contributed by atoms with Crippen LogP contribution in [0.2, 0.25) is 0 Å². The normalized spacial score (nSPS) is 11.8. The number of rotatable bonds is 5. The van der Waals surface area contributed by atoms with E-state index in [2.05, 4.69) is 27.9 Å². The van der Waals surface area contributed by atoms with Crippen molar-refractivity contribution in [3.8, 4) is 0 Å². The molecule has 0 saturated heterocycles. The van der Waals surface area contributed by atoms with Crippen molar-refractivity contribution >= 4 is 22.6 Å². The van der Waals surface area contributed by atoms with E-state index < -0.39 is 11.7 Å². The number of hydrogen-bond acceptors (Lipinski definition) is 1. The summed E-state index contributed by atoms with van der Waals surface area (Å²) in [6, 6.07) is 5.43. The van der Waals surface area contributed by atoms with Crippen LogP contribution < -0.4 is 5.32 Å². The first-order chi connectivity index (χ1) is 7.54. The zero-order chi connectivity index (χ0) is 12.0. The largest absolute Gasteiger partial charge is 0.416 e. The topological polar surface area (TPSA) is 12.0 Å². The zero-order valence-corrected chi connectivity index (χ0v) is 10.8. The molecule has 0 aromatic heterocycles. The fraction of sp³-hybridized carbons (Fsp3) is 0.455. The predicted octanol–water partition coefficient (Wildman–Crippen LogP) is 3.62. The van der Waals surface area contributed by atoms with Gasteiger partial charge in [0.1, 0.15) is 0 Å². The highest BCUT2D eigenvalue weighted by atomic mass is 127. The molecule has 0 aliphatic heterocycles. The summed E-state index contributed by atoms with van der Waals surface area (Å²) in [7, 11) is 0. The van der Waals surface area contributed by atoms with Gasteiger partial charge in [0, 0.05) is 11.0 Å². The van der Waals surface area contributed by atoms with E-state index in [1.165, 1.54) is 12.1 Å². The molecule has 1 rings (SSSR count). The highest BCUT2D eigenvalue weighted by Gasteiger charge is 2.30. The fourth-order valence-electron chi connectivity index (χ4n) is 1.28. The van der Waals surface area contributed by atoms with Crippen molar-refractivity contribution in [1.82, 2.24) is 5.32 Å². The SMILES string of the molecule is FC(F)(F)c1cccc(CNCCCI)c1. The van der Waals surface area contributed by atoms with E-state index >= 15 is 0 Å². The third kappa shape index (κ3) is 4.69. The van der Waals surface area contributed by atoms with Crippen molar-refractivity contribution in [3.05, 3.63) is 35.4 Å². The van der Waals surface area contributed by atoms with Crippen molar-refractivity contribution in [2.24, 2.45) is 0 Å². The molecule has 1 nitrogen and oxygen atoms in total. The maximum absolute atomic E-state index is 12.4. The van der Waals surface area contributed by atoms with Crippen LogP contribution in [0, 0.1) is 0 Å². The average molecular weight is 343 g/mol. The van der Waals surface area contributed by atoms with Gasteiger partial charge in [0.15, 0.2) is 0 Å². The van der Waals surface area contributed by atoms with Crippen molar-refractivity contribution in [1.29, 1.82) is 0 Å². The second-order valence-corrected chi connectivity index (χ2v) is 4.50. The van der Waals surface area contributed by atoms with Crippen molar-refractivity contribution in [3.63, 3.8) is 0 Å². The summed E-state index contributed by atoms with van der Waals surface area (Å²) in [4.78, 5) is 0. The Balaban J connectivity index is 2.54. The summed E-state index contributed by atoms with van der Waals surface area (Å²) in [5.41, 5.74) is 0.0870. The van der Waals surface area contributed by atoms with Crippen LogP contribution in [0.3, 0.4) is 0 Å². The zero-order valence-electron chi connectivity index (χ0n) is 8.65. The molecule has 0 spiro atoms. The van der Waals surface area contributed by atoms with E-state index in [1.54, 1.807) is 6.07 Å². The Kier molecular flexibility index (Phi) is 5.54. The molecule has 0 aliphatic rings. The first-order valence-corrected chi connectivity index (χ1v) is 6.49. The van der Waals surface area contributed by atoms with Crippen LogP contribution in [-0.2, 0) is 12.7 Å². The Hall–Kier alpha value is -0.300. The Morgan fingerprint density at radius 2 is 2.00 bits per heavy atom. The summed E-state index contributed by atoms with van der Waals surface area (Å²) in [5.74, 6) is 0. The van der Waals surface area contributed by atoms with Gasteiger partial charge in [-0.05, 0) is 24.6 Å². The third-order valence-electron chi connectivity index (χ3n) is 2.07. The van der Waals surface area contributed by atoms with Crippen LogP contribution in [0.4, 0.5) is 13.2 Å². The number of benzene rings is 1. The van der Waals surface area contributed by atoms with Gasteiger partial charge >= 0.3 is 6.18 Å². The Bertz CT molecular complexity index is 325. The third-order valence-corrected chi connectivity index (χ3v) is 2.83.